The van der Waals surface area contributed by atoms with Crippen LogP contribution in [0.3, 0.4) is 0 Å². The summed E-state index contributed by atoms with van der Waals surface area (Å²) < 4.78 is 22.9. The molecule has 1 spiro atoms. The van der Waals surface area contributed by atoms with Gasteiger partial charge >= 0.3 is 5.97 Å². The number of rotatable bonds is 5. The highest BCUT2D eigenvalue weighted by Crippen LogP contribution is 2.54. The highest BCUT2D eigenvalue weighted by Gasteiger charge is 2.66. The van der Waals surface area contributed by atoms with Crippen molar-refractivity contribution in [1.29, 1.82) is 0 Å². The van der Waals surface area contributed by atoms with Crippen molar-refractivity contribution in [2.24, 2.45) is 5.92 Å². The van der Waals surface area contributed by atoms with Gasteiger partial charge in [0.25, 0.3) is 0 Å². The summed E-state index contributed by atoms with van der Waals surface area (Å²) in [6.45, 7) is 6.40. The number of hydrogen-bond donors (Lipinski definition) is 0. The molecule has 0 aromatic carbocycles. The monoisotopic (exact) mass is 310 g/mol. The number of epoxide rings is 2. The number of allylic oxidation sites excluding steroid dienone is 1. The minimum absolute atomic E-state index is 0.123. The van der Waals surface area contributed by atoms with Gasteiger partial charge in [-0.15, -0.1) is 0 Å². The molecule has 124 valence electrons. The zero-order chi connectivity index (χ0) is 15.9. The lowest BCUT2D eigenvalue weighted by molar-refractivity contribution is -0.166. The molecular weight excluding hydrogens is 284 g/mol. The van der Waals surface area contributed by atoms with Crippen molar-refractivity contribution < 1.29 is 23.7 Å². The van der Waals surface area contributed by atoms with Crippen LogP contribution in [0.5, 0.6) is 0 Å². The summed E-state index contributed by atoms with van der Waals surface area (Å²) >= 11 is 0. The van der Waals surface area contributed by atoms with Crippen molar-refractivity contribution in [3.8, 4) is 0 Å². The van der Waals surface area contributed by atoms with Crippen LogP contribution < -0.4 is 0 Å². The van der Waals surface area contributed by atoms with Crippen LogP contribution in [0.15, 0.2) is 11.6 Å². The van der Waals surface area contributed by atoms with Crippen molar-refractivity contribution in [1.82, 2.24) is 0 Å². The summed E-state index contributed by atoms with van der Waals surface area (Å²) in [5.74, 6) is -0.109. The average molecular weight is 310 g/mol. The topological polar surface area (TPSA) is 60.6 Å². The van der Waals surface area contributed by atoms with E-state index in [2.05, 4.69) is 19.9 Å². The van der Waals surface area contributed by atoms with Crippen molar-refractivity contribution in [2.75, 3.05) is 13.7 Å². The fourth-order valence-corrected chi connectivity index (χ4v) is 3.82. The van der Waals surface area contributed by atoms with Gasteiger partial charge in [-0.2, -0.15) is 0 Å². The highest BCUT2D eigenvalue weighted by atomic mass is 16.6. The maximum atomic E-state index is 11.3. The van der Waals surface area contributed by atoms with Crippen molar-refractivity contribution in [3.63, 3.8) is 0 Å². The van der Waals surface area contributed by atoms with Crippen LogP contribution in [0.4, 0.5) is 0 Å². The van der Waals surface area contributed by atoms with E-state index < -0.39 is 0 Å². The lowest BCUT2D eigenvalue weighted by atomic mass is 9.73. The van der Waals surface area contributed by atoms with Gasteiger partial charge < -0.3 is 18.9 Å². The first-order chi connectivity index (χ1) is 10.5. The Hall–Kier alpha value is -0.910. The molecule has 5 nitrogen and oxygen atoms in total. The molecule has 3 rings (SSSR count). The molecule has 3 aliphatic rings. The Morgan fingerprint density at radius 3 is 2.64 bits per heavy atom. The first kappa shape index (κ1) is 16.0. The Balaban J connectivity index is 1.71. The standard InChI is InChI=1S/C17H26O5/c1-10(2)5-6-12-16(22-12)14-15(19-4)13(21-11(3)18)7-8-17(14)9-20-17/h5,12-16H,6-9H2,1-4H3/t12-,13?,14?,15?,16+,17+/m1/s1. The van der Waals surface area contributed by atoms with E-state index in [1.807, 2.05) is 0 Å². The van der Waals surface area contributed by atoms with E-state index in [9.17, 15) is 4.79 Å². The molecule has 5 heteroatoms. The molecule has 0 N–H and O–H groups in total. The zero-order valence-electron chi connectivity index (χ0n) is 13.8. The predicted molar refractivity (Wildman–Crippen MR) is 80.5 cm³/mol. The maximum Gasteiger partial charge on any atom is 0.302 e. The summed E-state index contributed by atoms with van der Waals surface area (Å²) in [7, 11) is 1.68. The third kappa shape index (κ3) is 3.07. The Morgan fingerprint density at radius 1 is 1.36 bits per heavy atom. The van der Waals surface area contributed by atoms with E-state index in [0.29, 0.717) is 0 Å². The molecule has 0 radical (unpaired) electrons. The fraction of sp³-hybridized carbons (Fsp3) is 0.824. The molecule has 2 aliphatic heterocycles. The third-order valence-corrected chi connectivity index (χ3v) is 5.02. The van der Waals surface area contributed by atoms with Crippen molar-refractivity contribution >= 4 is 5.97 Å². The van der Waals surface area contributed by atoms with Gasteiger partial charge in [0.15, 0.2) is 0 Å². The van der Waals surface area contributed by atoms with Crippen molar-refractivity contribution in [2.45, 2.75) is 70.1 Å². The van der Waals surface area contributed by atoms with Crippen LogP contribution in [0.2, 0.25) is 0 Å². The summed E-state index contributed by atoms with van der Waals surface area (Å²) in [6.07, 6.45) is 4.85. The number of carbonyl (C=O) groups is 1. The van der Waals surface area contributed by atoms with Crippen LogP contribution in [0.25, 0.3) is 0 Å². The van der Waals surface area contributed by atoms with Crippen LogP contribution in [-0.2, 0) is 23.7 Å². The summed E-state index contributed by atoms with van der Waals surface area (Å²) in [4.78, 5) is 11.3. The Bertz CT molecular complexity index is 464. The van der Waals surface area contributed by atoms with Crippen molar-refractivity contribution in [3.05, 3.63) is 11.6 Å². The number of methoxy groups -OCH3 is 1. The van der Waals surface area contributed by atoms with Crippen LogP contribution in [0, 0.1) is 5.92 Å². The Morgan fingerprint density at radius 2 is 2.09 bits per heavy atom. The molecule has 3 fully saturated rings. The molecular formula is C17H26O5. The first-order valence-electron chi connectivity index (χ1n) is 8.09. The second kappa shape index (κ2) is 5.95. The fourth-order valence-electron chi connectivity index (χ4n) is 3.82. The van der Waals surface area contributed by atoms with Crippen LogP contribution in [-0.4, -0.2) is 49.7 Å². The minimum atomic E-state index is -0.253. The van der Waals surface area contributed by atoms with Crippen LogP contribution >= 0.6 is 0 Å². The van der Waals surface area contributed by atoms with E-state index in [4.69, 9.17) is 18.9 Å². The van der Waals surface area contributed by atoms with Gasteiger partial charge in [-0.3, -0.25) is 4.79 Å². The molecule has 2 saturated heterocycles. The highest BCUT2D eigenvalue weighted by molar-refractivity contribution is 5.66. The molecule has 22 heavy (non-hydrogen) atoms. The van der Waals surface area contributed by atoms with E-state index in [-0.39, 0.29) is 41.9 Å². The summed E-state index contributed by atoms with van der Waals surface area (Å²) in [5.41, 5.74) is 1.18. The molecule has 0 amide bonds. The Labute approximate surface area is 131 Å². The first-order valence-corrected chi connectivity index (χ1v) is 8.09. The molecule has 1 saturated carbocycles. The quantitative estimate of drug-likeness (QED) is 0.443. The van der Waals surface area contributed by atoms with E-state index in [1.54, 1.807) is 7.11 Å². The maximum absolute atomic E-state index is 11.3. The number of ether oxygens (including phenoxy) is 4. The SMILES string of the molecule is COC1C(OC(C)=O)CC[C@]2(CO2)C1[C@H]1O[C@@H]1CC=C(C)C. The molecule has 0 aromatic rings. The number of hydrogen-bond acceptors (Lipinski definition) is 5. The average Bonchev–Trinajstić information content (AvgIpc) is 3.35. The molecule has 1 aliphatic carbocycles. The van der Waals surface area contributed by atoms with Gasteiger partial charge in [-0.25, -0.2) is 0 Å². The normalized spacial score (nSPS) is 42.8. The zero-order valence-corrected chi connectivity index (χ0v) is 13.8. The molecule has 6 atom stereocenters. The van der Waals surface area contributed by atoms with Gasteiger partial charge in [-0.05, 0) is 33.1 Å². The second-order valence-corrected chi connectivity index (χ2v) is 6.92. The van der Waals surface area contributed by atoms with Crippen LogP contribution in [0.1, 0.15) is 40.0 Å². The number of carbonyl (C=O) groups excluding carboxylic acids is 1. The molecule has 0 aromatic heterocycles. The van der Waals surface area contributed by atoms with E-state index in [1.165, 1.54) is 12.5 Å². The van der Waals surface area contributed by atoms with Gasteiger partial charge in [0.2, 0.25) is 0 Å². The minimum Gasteiger partial charge on any atom is -0.460 e. The summed E-state index contributed by atoms with van der Waals surface area (Å²) in [6, 6.07) is 0. The third-order valence-electron chi connectivity index (χ3n) is 5.02. The Kier molecular flexibility index (Phi) is 4.32. The summed E-state index contributed by atoms with van der Waals surface area (Å²) in [5, 5.41) is 0. The smallest absolute Gasteiger partial charge is 0.302 e. The second-order valence-electron chi connectivity index (χ2n) is 6.92. The molecule has 2 heterocycles. The lowest BCUT2D eigenvalue weighted by Gasteiger charge is -2.39. The predicted octanol–water partition coefficient (Wildman–Crippen LogP) is 2.24. The van der Waals surface area contributed by atoms with Gasteiger partial charge in [-0.1, -0.05) is 11.6 Å². The van der Waals surface area contributed by atoms with E-state index in [0.717, 1.165) is 25.9 Å². The van der Waals surface area contributed by atoms with Gasteiger partial charge in [0.05, 0.1) is 24.4 Å². The van der Waals surface area contributed by atoms with Gasteiger partial charge in [0, 0.05) is 20.0 Å². The van der Waals surface area contributed by atoms with Gasteiger partial charge in [0.1, 0.15) is 12.2 Å². The molecule has 0 bridgehead atoms. The largest absolute Gasteiger partial charge is 0.460 e. The van der Waals surface area contributed by atoms with E-state index >= 15 is 0 Å². The lowest BCUT2D eigenvalue weighted by Crippen LogP contribution is -2.52. The number of esters is 1. The molecule has 3 unspecified atom stereocenters.